The Morgan fingerprint density at radius 2 is 1.95 bits per heavy atom. The highest BCUT2D eigenvalue weighted by Crippen LogP contribution is 2.30. The number of nitrogens with zero attached hydrogens (tertiary/aromatic N) is 3. The molecule has 0 fully saturated rings. The molecule has 0 spiro atoms. The van der Waals surface area contributed by atoms with Gasteiger partial charge in [-0.15, -0.1) is 10.2 Å². The van der Waals surface area contributed by atoms with Crippen molar-refractivity contribution in [3.05, 3.63) is 47.2 Å². The van der Waals surface area contributed by atoms with Gasteiger partial charge in [0.25, 0.3) is 0 Å². The summed E-state index contributed by atoms with van der Waals surface area (Å²) in [6.07, 6.45) is 4.78. The zero-order valence-corrected chi connectivity index (χ0v) is 12.2. The van der Waals surface area contributed by atoms with Crippen LogP contribution in [0.1, 0.15) is 22.3 Å². The fourth-order valence-corrected chi connectivity index (χ4v) is 2.53. The zero-order chi connectivity index (χ0) is 15.0. The molecular formula is C15H16N4O2. The summed E-state index contributed by atoms with van der Waals surface area (Å²) >= 11 is 0. The van der Waals surface area contributed by atoms with E-state index in [1.807, 2.05) is 13.8 Å². The van der Waals surface area contributed by atoms with Crippen LogP contribution in [0.2, 0.25) is 0 Å². The first-order chi connectivity index (χ1) is 10.1. The van der Waals surface area contributed by atoms with Gasteiger partial charge >= 0.3 is 0 Å². The van der Waals surface area contributed by atoms with Crippen LogP contribution in [0.5, 0.6) is 0 Å². The van der Waals surface area contributed by atoms with Gasteiger partial charge in [0.15, 0.2) is 0 Å². The van der Waals surface area contributed by atoms with Gasteiger partial charge in [0.05, 0.1) is 12.7 Å². The molecule has 0 aliphatic carbocycles. The van der Waals surface area contributed by atoms with Crippen LogP contribution in [0, 0.1) is 20.8 Å². The third-order valence-electron chi connectivity index (χ3n) is 3.65. The van der Waals surface area contributed by atoms with Crippen LogP contribution in [-0.4, -0.2) is 20.8 Å². The van der Waals surface area contributed by atoms with E-state index in [0.717, 1.165) is 27.7 Å². The lowest BCUT2D eigenvalue weighted by atomic mass is 9.99. The molecule has 1 N–H and O–H groups in total. The molecule has 1 amide bonds. The highest BCUT2D eigenvalue weighted by atomic mass is 16.3. The molecule has 2 heterocycles. The smallest absolute Gasteiger partial charge is 0.243 e. The number of nitrogens with one attached hydrogen (secondary N) is 1. The van der Waals surface area contributed by atoms with Gasteiger partial charge in [0.2, 0.25) is 5.91 Å². The average molecular weight is 284 g/mol. The van der Waals surface area contributed by atoms with Crippen LogP contribution in [0.25, 0.3) is 11.0 Å². The maximum atomic E-state index is 12.1. The van der Waals surface area contributed by atoms with Crippen LogP contribution < -0.4 is 5.43 Å². The largest absolute Gasteiger partial charge is 0.464 e. The number of furan rings is 1. The van der Waals surface area contributed by atoms with E-state index in [4.69, 9.17) is 4.42 Å². The first kappa shape index (κ1) is 13.4. The van der Waals surface area contributed by atoms with Gasteiger partial charge in [-0.05, 0) is 37.5 Å². The predicted molar refractivity (Wildman–Crippen MR) is 78.5 cm³/mol. The minimum absolute atomic E-state index is 0.143. The number of carbonyl (C=O) groups excluding carboxylic acids is 1. The minimum atomic E-state index is -0.143. The Morgan fingerprint density at radius 1 is 1.24 bits per heavy atom. The van der Waals surface area contributed by atoms with Gasteiger partial charge in [0.1, 0.15) is 18.2 Å². The second kappa shape index (κ2) is 5.05. The van der Waals surface area contributed by atoms with Crippen LogP contribution in [0.4, 0.5) is 0 Å². The van der Waals surface area contributed by atoms with Crippen molar-refractivity contribution < 1.29 is 9.21 Å². The summed E-state index contributed by atoms with van der Waals surface area (Å²) in [6.45, 7) is 6.12. The van der Waals surface area contributed by atoms with Crippen molar-refractivity contribution in [3.8, 4) is 0 Å². The lowest BCUT2D eigenvalue weighted by Crippen LogP contribution is -2.23. The summed E-state index contributed by atoms with van der Waals surface area (Å²) in [7, 11) is 0. The van der Waals surface area contributed by atoms with Gasteiger partial charge in [-0.2, -0.15) is 0 Å². The molecule has 0 saturated heterocycles. The van der Waals surface area contributed by atoms with E-state index >= 15 is 0 Å². The van der Waals surface area contributed by atoms with Crippen LogP contribution in [0.3, 0.4) is 0 Å². The van der Waals surface area contributed by atoms with Crippen LogP contribution in [0.15, 0.2) is 29.4 Å². The molecule has 6 nitrogen and oxygen atoms in total. The molecule has 21 heavy (non-hydrogen) atoms. The van der Waals surface area contributed by atoms with E-state index < -0.39 is 0 Å². The van der Waals surface area contributed by atoms with Crippen molar-refractivity contribution in [1.29, 1.82) is 0 Å². The van der Waals surface area contributed by atoms with Crippen molar-refractivity contribution >= 4 is 16.9 Å². The molecule has 2 aromatic heterocycles. The lowest BCUT2D eigenvalue weighted by molar-refractivity contribution is -0.116. The van der Waals surface area contributed by atoms with E-state index in [9.17, 15) is 4.79 Å². The molecule has 0 unspecified atom stereocenters. The number of aromatic nitrogens is 3. The van der Waals surface area contributed by atoms with E-state index in [2.05, 4.69) is 28.6 Å². The third kappa shape index (κ3) is 2.40. The standard InChI is InChI=1S/C15H16N4O2/c1-9-4-10(2)14-12(6-21-15(14)11(9)3)5-13(20)18-19-7-16-17-8-19/h4,6-8H,5H2,1-3H3,(H,18,20). The zero-order valence-electron chi connectivity index (χ0n) is 12.2. The number of fused-ring (bicyclic) bond motifs is 1. The molecule has 3 rings (SSSR count). The molecule has 0 atom stereocenters. The molecule has 108 valence electrons. The van der Waals surface area contributed by atoms with Crippen LogP contribution in [-0.2, 0) is 11.2 Å². The fourth-order valence-electron chi connectivity index (χ4n) is 2.53. The molecule has 0 aliphatic heterocycles. The maximum Gasteiger partial charge on any atom is 0.243 e. The normalized spacial score (nSPS) is 11.0. The van der Waals surface area contributed by atoms with E-state index in [0.29, 0.717) is 0 Å². The van der Waals surface area contributed by atoms with Gasteiger partial charge in [0, 0.05) is 10.9 Å². The number of hydrogen-bond acceptors (Lipinski definition) is 4. The van der Waals surface area contributed by atoms with Crippen molar-refractivity contribution in [2.75, 3.05) is 5.43 Å². The summed E-state index contributed by atoms with van der Waals surface area (Å²) in [5.41, 5.74) is 7.85. The van der Waals surface area contributed by atoms with E-state index in [1.54, 1.807) is 6.26 Å². The predicted octanol–water partition coefficient (Wildman–Crippen LogP) is 2.26. The topological polar surface area (TPSA) is 73.0 Å². The number of carbonyl (C=O) groups is 1. The first-order valence-corrected chi connectivity index (χ1v) is 6.67. The summed E-state index contributed by atoms with van der Waals surface area (Å²) in [4.78, 5) is 12.1. The lowest BCUT2D eigenvalue weighted by Gasteiger charge is -2.06. The summed E-state index contributed by atoms with van der Waals surface area (Å²) in [5.74, 6) is -0.143. The average Bonchev–Trinajstić information content (AvgIpc) is 3.06. The Hall–Kier alpha value is -2.63. The maximum absolute atomic E-state index is 12.1. The number of rotatable bonds is 3. The molecule has 3 aromatic rings. The Labute approximate surface area is 121 Å². The number of benzene rings is 1. The van der Waals surface area contributed by atoms with Gasteiger partial charge in [-0.3, -0.25) is 10.2 Å². The number of hydrogen-bond donors (Lipinski definition) is 1. The highest BCUT2D eigenvalue weighted by Gasteiger charge is 2.15. The van der Waals surface area contributed by atoms with E-state index in [1.165, 1.54) is 22.9 Å². The Morgan fingerprint density at radius 3 is 2.67 bits per heavy atom. The summed E-state index contributed by atoms with van der Waals surface area (Å²) < 4.78 is 7.09. The molecule has 0 saturated carbocycles. The van der Waals surface area contributed by atoms with Crippen molar-refractivity contribution in [2.24, 2.45) is 0 Å². The Kier molecular flexibility index (Phi) is 3.21. The fraction of sp³-hybridized carbons (Fsp3) is 0.267. The van der Waals surface area contributed by atoms with Crippen molar-refractivity contribution in [1.82, 2.24) is 14.9 Å². The molecule has 1 aromatic carbocycles. The van der Waals surface area contributed by atoms with Gasteiger partial charge in [-0.25, -0.2) is 4.68 Å². The Balaban J connectivity index is 1.91. The van der Waals surface area contributed by atoms with Crippen molar-refractivity contribution in [3.63, 3.8) is 0 Å². The quantitative estimate of drug-likeness (QED) is 0.800. The summed E-state index contributed by atoms with van der Waals surface area (Å²) in [5, 5.41) is 8.30. The molecule has 0 bridgehead atoms. The SMILES string of the molecule is Cc1cc(C)c2c(CC(=O)Nn3cnnc3)coc2c1C. The van der Waals surface area contributed by atoms with Gasteiger partial charge in [-0.1, -0.05) is 6.07 Å². The number of aryl methyl sites for hydroxylation is 3. The molecular weight excluding hydrogens is 268 g/mol. The second-order valence-corrected chi connectivity index (χ2v) is 5.18. The first-order valence-electron chi connectivity index (χ1n) is 6.67. The number of amides is 1. The van der Waals surface area contributed by atoms with Crippen LogP contribution >= 0.6 is 0 Å². The minimum Gasteiger partial charge on any atom is -0.464 e. The molecule has 6 heteroatoms. The molecule has 0 radical (unpaired) electrons. The highest BCUT2D eigenvalue weighted by molar-refractivity contribution is 5.93. The monoisotopic (exact) mass is 284 g/mol. The van der Waals surface area contributed by atoms with Gasteiger partial charge < -0.3 is 4.42 Å². The molecule has 0 aliphatic rings. The van der Waals surface area contributed by atoms with E-state index in [-0.39, 0.29) is 12.3 Å². The second-order valence-electron chi connectivity index (χ2n) is 5.18. The third-order valence-corrected chi connectivity index (χ3v) is 3.65. The van der Waals surface area contributed by atoms with Crippen molar-refractivity contribution in [2.45, 2.75) is 27.2 Å². The Bertz CT molecular complexity index is 803. The summed E-state index contributed by atoms with van der Waals surface area (Å²) in [6, 6.07) is 2.12.